The van der Waals surface area contributed by atoms with E-state index in [0.717, 1.165) is 74.0 Å². The normalized spacial score (nSPS) is 16.9. The number of carbonyl (C=O) groups excluding carboxylic acids is 1. The maximum Gasteiger partial charge on any atom is 0.228 e. The van der Waals surface area contributed by atoms with Gasteiger partial charge >= 0.3 is 0 Å². The Morgan fingerprint density at radius 3 is 2.23 bits per heavy atom. The molecular weight excluding hydrogens is 436 g/mol. The van der Waals surface area contributed by atoms with E-state index < -0.39 is 0 Å². The molecule has 0 saturated carbocycles. The van der Waals surface area contributed by atoms with Crippen LogP contribution in [-0.2, 0) is 22.5 Å². The molecule has 2 aromatic carbocycles. The Kier molecular flexibility index (Phi) is 7.40. The van der Waals surface area contributed by atoms with E-state index >= 15 is 0 Å². The molecule has 3 aromatic rings. The van der Waals surface area contributed by atoms with Crippen molar-refractivity contribution >= 4 is 11.7 Å². The molecule has 3 heterocycles. The second kappa shape index (κ2) is 11.0. The molecule has 1 aromatic heterocycles. The predicted octanol–water partition coefficient (Wildman–Crippen LogP) is 3.78. The summed E-state index contributed by atoms with van der Waals surface area (Å²) in [5.41, 5.74) is 5.63. The molecule has 0 aliphatic carbocycles. The van der Waals surface area contributed by atoms with Gasteiger partial charge in [-0.25, -0.2) is 4.98 Å². The van der Waals surface area contributed by atoms with E-state index in [1.807, 2.05) is 17.0 Å². The molecule has 182 valence electrons. The summed E-state index contributed by atoms with van der Waals surface area (Å²) in [7, 11) is 0. The highest BCUT2D eigenvalue weighted by atomic mass is 16.5. The lowest BCUT2D eigenvalue weighted by Gasteiger charge is -2.35. The van der Waals surface area contributed by atoms with Crippen molar-refractivity contribution < 1.29 is 9.53 Å². The molecule has 0 N–H and O–H groups in total. The monoisotopic (exact) mass is 470 g/mol. The molecule has 0 spiro atoms. The molecule has 2 saturated heterocycles. The summed E-state index contributed by atoms with van der Waals surface area (Å²) < 4.78 is 5.58. The van der Waals surface area contributed by atoms with Crippen LogP contribution >= 0.6 is 0 Å². The lowest BCUT2D eigenvalue weighted by molar-refractivity contribution is -0.132. The maximum atomic E-state index is 13.2. The number of nitrogens with zero attached hydrogens (tertiary/aromatic N) is 4. The van der Waals surface area contributed by atoms with Crippen LogP contribution in [0.4, 0.5) is 5.82 Å². The zero-order valence-corrected chi connectivity index (χ0v) is 20.5. The Hall–Kier alpha value is -3.22. The quantitative estimate of drug-likeness (QED) is 0.549. The fourth-order valence-corrected chi connectivity index (χ4v) is 5.04. The molecule has 6 nitrogen and oxygen atoms in total. The van der Waals surface area contributed by atoms with E-state index in [1.165, 1.54) is 5.56 Å². The average molecular weight is 471 g/mol. The van der Waals surface area contributed by atoms with Crippen LogP contribution in [0.25, 0.3) is 11.1 Å². The van der Waals surface area contributed by atoms with Crippen molar-refractivity contribution in [1.82, 2.24) is 14.8 Å². The summed E-state index contributed by atoms with van der Waals surface area (Å²) in [6, 6.07) is 23.1. The Balaban J connectivity index is 1.29. The lowest BCUT2D eigenvalue weighted by atomic mass is 9.99. The highest BCUT2D eigenvalue weighted by Gasteiger charge is 2.24. The van der Waals surface area contributed by atoms with E-state index in [9.17, 15) is 4.79 Å². The number of morpholine rings is 1. The molecule has 6 heteroatoms. The number of anilines is 1. The fourth-order valence-electron chi connectivity index (χ4n) is 5.04. The third-order valence-corrected chi connectivity index (χ3v) is 6.93. The van der Waals surface area contributed by atoms with E-state index in [2.05, 4.69) is 71.3 Å². The van der Waals surface area contributed by atoms with Crippen molar-refractivity contribution in [2.75, 3.05) is 57.4 Å². The first kappa shape index (κ1) is 23.5. The zero-order chi connectivity index (χ0) is 24.0. The van der Waals surface area contributed by atoms with Gasteiger partial charge in [-0.2, -0.15) is 0 Å². The van der Waals surface area contributed by atoms with Crippen molar-refractivity contribution in [2.24, 2.45) is 0 Å². The molecule has 2 aliphatic heterocycles. The van der Waals surface area contributed by atoms with Gasteiger partial charge < -0.3 is 14.5 Å². The predicted molar refractivity (Wildman–Crippen MR) is 139 cm³/mol. The topological polar surface area (TPSA) is 48.9 Å². The standard InChI is InChI=1S/C29H34N4O2/c1-23-20-26(21-27(34)32-14-12-31(13-15-32)22-24-8-4-2-5-9-24)30-29(33-16-18-35-19-17-33)28(23)25-10-6-3-7-11-25/h2-11,20H,12-19,21-22H2,1H3. The van der Waals surface area contributed by atoms with E-state index in [0.29, 0.717) is 19.6 Å². The van der Waals surface area contributed by atoms with Gasteiger partial charge in [0.15, 0.2) is 0 Å². The van der Waals surface area contributed by atoms with Crippen LogP contribution in [0, 0.1) is 6.92 Å². The van der Waals surface area contributed by atoms with Crippen molar-refractivity contribution in [1.29, 1.82) is 0 Å². The van der Waals surface area contributed by atoms with Crippen LogP contribution in [0.15, 0.2) is 66.7 Å². The maximum absolute atomic E-state index is 13.2. The van der Waals surface area contributed by atoms with E-state index in [1.54, 1.807) is 0 Å². The van der Waals surface area contributed by atoms with Crippen molar-refractivity contribution in [3.05, 3.63) is 83.6 Å². The number of aryl methyl sites for hydroxylation is 1. The molecule has 0 radical (unpaired) electrons. The third kappa shape index (κ3) is 5.72. The summed E-state index contributed by atoms with van der Waals surface area (Å²) in [5.74, 6) is 1.13. The van der Waals surface area contributed by atoms with Gasteiger partial charge in [-0.05, 0) is 29.7 Å². The van der Waals surface area contributed by atoms with Crippen LogP contribution < -0.4 is 4.90 Å². The summed E-state index contributed by atoms with van der Waals surface area (Å²) in [6.07, 6.45) is 0.339. The summed E-state index contributed by atoms with van der Waals surface area (Å²) >= 11 is 0. The molecule has 1 amide bonds. The highest BCUT2D eigenvalue weighted by Crippen LogP contribution is 2.33. The number of hydrogen-bond donors (Lipinski definition) is 0. The van der Waals surface area contributed by atoms with E-state index in [4.69, 9.17) is 9.72 Å². The molecule has 35 heavy (non-hydrogen) atoms. The minimum atomic E-state index is 0.164. The number of piperazine rings is 1. The Morgan fingerprint density at radius 1 is 0.886 bits per heavy atom. The first-order valence-corrected chi connectivity index (χ1v) is 12.6. The van der Waals surface area contributed by atoms with Gasteiger partial charge in [0, 0.05) is 51.4 Å². The summed E-state index contributed by atoms with van der Waals surface area (Å²) in [5, 5.41) is 0. The Bertz CT molecular complexity index is 1120. The highest BCUT2D eigenvalue weighted by molar-refractivity contribution is 5.82. The molecule has 2 fully saturated rings. The average Bonchev–Trinajstić information content (AvgIpc) is 2.90. The lowest BCUT2D eigenvalue weighted by Crippen LogP contribution is -2.48. The molecular formula is C29H34N4O2. The number of ether oxygens (including phenoxy) is 1. The summed E-state index contributed by atoms with van der Waals surface area (Å²) in [6.45, 7) is 9.43. The number of aromatic nitrogens is 1. The first-order valence-electron chi connectivity index (χ1n) is 12.6. The SMILES string of the molecule is Cc1cc(CC(=O)N2CCN(Cc3ccccc3)CC2)nc(N2CCOCC2)c1-c1ccccc1. The third-order valence-electron chi connectivity index (χ3n) is 6.93. The minimum absolute atomic E-state index is 0.164. The van der Waals surface area contributed by atoms with Crippen LogP contribution in [0.1, 0.15) is 16.8 Å². The van der Waals surface area contributed by atoms with Crippen LogP contribution in [0.3, 0.4) is 0 Å². The second-order valence-electron chi connectivity index (χ2n) is 9.41. The zero-order valence-electron chi connectivity index (χ0n) is 20.5. The smallest absolute Gasteiger partial charge is 0.228 e. The van der Waals surface area contributed by atoms with Crippen molar-refractivity contribution in [3.63, 3.8) is 0 Å². The largest absolute Gasteiger partial charge is 0.378 e. The number of carbonyl (C=O) groups is 1. The molecule has 5 rings (SSSR count). The number of pyridine rings is 1. The van der Waals surface area contributed by atoms with Gasteiger partial charge in [0.1, 0.15) is 5.82 Å². The van der Waals surface area contributed by atoms with Crippen LogP contribution in [0.2, 0.25) is 0 Å². The minimum Gasteiger partial charge on any atom is -0.378 e. The van der Waals surface area contributed by atoms with Crippen molar-refractivity contribution in [2.45, 2.75) is 19.9 Å². The second-order valence-corrected chi connectivity index (χ2v) is 9.41. The van der Waals surface area contributed by atoms with Gasteiger partial charge in [0.25, 0.3) is 0 Å². The molecule has 0 unspecified atom stereocenters. The molecule has 0 atom stereocenters. The van der Waals surface area contributed by atoms with Crippen LogP contribution in [0.5, 0.6) is 0 Å². The molecule has 0 bridgehead atoms. The molecule has 2 aliphatic rings. The number of benzene rings is 2. The first-order chi connectivity index (χ1) is 17.2. The van der Waals surface area contributed by atoms with Gasteiger partial charge in [-0.3, -0.25) is 9.69 Å². The van der Waals surface area contributed by atoms with Gasteiger partial charge in [-0.1, -0.05) is 60.7 Å². The number of rotatable bonds is 6. The Labute approximate surface area is 208 Å². The van der Waals surface area contributed by atoms with Crippen molar-refractivity contribution in [3.8, 4) is 11.1 Å². The van der Waals surface area contributed by atoms with Gasteiger partial charge in [0.2, 0.25) is 5.91 Å². The van der Waals surface area contributed by atoms with E-state index in [-0.39, 0.29) is 5.91 Å². The fraction of sp³-hybridized carbons (Fsp3) is 0.379. The number of amides is 1. The van der Waals surface area contributed by atoms with Gasteiger partial charge in [0.05, 0.1) is 25.3 Å². The number of hydrogen-bond acceptors (Lipinski definition) is 5. The Morgan fingerprint density at radius 2 is 1.54 bits per heavy atom. The summed E-state index contributed by atoms with van der Waals surface area (Å²) in [4.78, 5) is 25.0. The van der Waals surface area contributed by atoms with Crippen LogP contribution in [-0.4, -0.2) is 73.2 Å². The van der Waals surface area contributed by atoms with Gasteiger partial charge in [-0.15, -0.1) is 0 Å².